The van der Waals surface area contributed by atoms with E-state index in [2.05, 4.69) is 58.5 Å². The number of phenolic OH excluding ortho intramolecular Hbond substituents is 1. The molecule has 32 heteroatoms. The number of carbonyl (C=O) groups excluding carboxylic acids is 12. The standard InChI is InChI=1S/C88H135N17O15/c1-54(2)47-67(97-79(110)66(36-21-25-45-92)96-78(109)65(35-20-24-44-91)95-77(108)64(34-19-23-43-90)94-76(107)63(93)33-18-22-42-89)80(111)98-68(48-55(3)4)81(112)102-72(49-56(5)6)87(118)105-46-26-37-74(105)85(116)100-69(50-58-27-12-9-13-28-58)82(113)99-71(52-61-38-40-62(106)41-39-61)84(115)104-75(57(7)8)86(117)101-70(51-59-29-14-10-15-30-59)83(114)103-73(88(119)120)53-60-31-16-11-17-32-60/h9-17,27-32,38-41,54-57,63-75,106H,18-26,33-37,42-53,89-93H2,1-8H3,(H,94,107)(H,95,108)(H,96,109)(H,97,110)(H,98,111)(H,99,113)(H,100,116)(H,101,117)(H,102,112)(H,103,114)(H,104,115)(H,119,120)/t63-,64-,65-,66-,67-,68-,69-,70-,71-,72-,73-,74-,75-/m0/s1. The lowest BCUT2D eigenvalue weighted by Gasteiger charge is -2.32. The Hall–Kier alpha value is -10.4. The number of nitrogens with one attached hydrogen (secondary N) is 11. The maximum Gasteiger partial charge on any atom is 0.326 e. The number of carboxylic acids is 1. The van der Waals surface area contributed by atoms with Crippen LogP contribution < -0.4 is 87.2 Å². The van der Waals surface area contributed by atoms with Crippen LogP contribution in [0, 0.1) is 23.7 Å². The van der Waals surface area contributed by atoms with Crippen LogP contribution in [0.5, 0.6) is 5.75 Å². The minimum Gasteiger partial charge on any atom is -0.508 e. The molecule has 1 fully saturated rings. The molecule has 4 aromatic carbocycles. The molecule has 1 aliphatic rings. The zero-order chi connectivity index (χ0) is 88.4. The maximum absolute atomic E-state index is 15.2. The van der Waals surface area contributed by atoms with Gasteiger partial charge in [-0.2, -0.15) is 0 Å². The number of aromatic hydroxyl groups is 1. The van der Waals surface area contributed by atoms with Crippen molar-refractivity contribution in [3.05, 3.63) is 138 Å². The zero-order valence-corrected chi connectivity index (χ0v) is 71.2. The molecule has 0 spiro atoms. The van der Waals surface area contributed by atoms with Gasteiger partial charge in [0.05, 0.1) is 6.04 Å². The van der Waals surface area contributed by atoms with Crippen LogP contribution >= 0.6 is 0 Å². The number of nitrogens with zero attached hydrogens (tertiary/aromatic N) is 1. The lowest BCUT2D eigenvalue weighted by atomic mass is 9.98. The van der Waals surface area contributed by atoms with E-state index in [-0.39, 0.29) is 107 Å². The Labute approximate surface area is 706 Å². The second-order valence-corrected chi connectivity index (χ2v) is 32.9. The van der Waals surface area contributed by atoms with Crippen LogP contribution in [-0.4, -0.2) is 203 Å². The van der Waals surface area contributed by atoms with Crippen LogP contribution in [0.25, 0.3) is 0 Å². The number of carboxylic acid groups (broad SMARTS) is 1. The van der Waals surface area contributed by atoms with Crippen molar-refractivity contribution in [2.45, 2.75) is 269 Å². The molecule has 0 radical (unpaired) electrons. The highest BCUT2D eigenvalue weighted by Crippen LogP contribution is 2.24. The van der Waals surface area contributed by atoms with Gasteiger partial charge in [-0.15, -0.1) is 0 Å². The second kappa shape index (κ2) is 53.3. The highest BCUT2D eigenvalue weighted by atomic mass is 16.4. The number of benzene rings is 4. The van der Waals surface area contributed by atoms with Gasteiger partial charge >= 0.3 is 5.97 Å². The largest absolute Gasteiger partial charge is 0.508 e. The summed E-state index contributed by atoms with van der Waals surface area (Å²) in [6.07, 6.45) is 5.08. The molecule has 4 aromatic rings. The average Bonchev–Trinajstić information content (AvgIpc) is 1.63. The summed E-state index contributed by atoms with van der Waals surface area (Å²) in [7, 11) is 0. The van der Waals surface area contributed by atoms with E-state index < -0.39 is 161 Å². The molecule has 1 aliphatic heterocycles. The van der Waals surface area contributed by atoms with Crippen molar-refractivity contribution >= 4 is 76.9 Å². The molecule has 0 unspecified atom stereocenters. The lowest BCUT2D eigenvalue weighted by molar-refractivity contribution is -0.143. The first-order valence-corrected chi connectivity index (χ1v) is 42.6. The smallest absolute Gasteiger partial charge is 0.326 e. The van der Waals surface area contributed by atoms with Crippen LogP contribution in [0.2, 0.25) is 0 Å². The fourth-order valence-electron chi connectivity index (χ4n) is 14.3. The number of rotatable bonds is 55. The predicted octanol–water partition coefficient (Wildman–Crippen LogP) is 2.71. The SMILES string of the molecule is CC(C)C[C@H](NC(=O)[C@H](CCCCN)NC(=O)[C@H](CCCCN)NC(=O)[C@H](CCCCN)NC(=O)[C@@H](N)CCCCN)C(=O)N[C@@H](CC(C)C)C(=O)N[C@@H](CC(C)C)C(=O)N1CCC[C@H]1C(=O)N[C@@H](Cc1ccccc1)C(=O)N[C@@H](Cc1ccc(O)cc1)C(=O)N[C@H](C(=O)N[C@@H](Cc1ccccc1)C(=O)N[C@@H](Cc1ccccc1)C(=O)O)C(C)C. The number of aliphatic carboxylic acids is 1. The minimum absolute atomic E-state index is 0.0576. The molecule has 1 heterocycles. The lowest BCUT2D eigenvalue weighted by Crippen LogP contribution is -2.61. The van der Waals surface area contributed by atoms with Gasteiger partial charge in [-0.1, -0.05) is 165 Å². The quantitative estimate of drug-likeness (QED) is 0.0283. The normalized spacial score (nSPS) is 15.7. The summed E-state index contributed by atoms with van der Waals surface area (Å²) in [4.78, 5) is 190. The van der Waals surface area contributed by atoms with Crippen LogP contribution in [0.1, 0.15) is 187 Å². The topological polar surface area (TPSA) is 528 Å². The third kappa shape index (κ3) is 35.5. The van der Waals surface area contributed by atoms with E-state index in [1.54, 1.807) is 117 Å². The van der Waals surface area contributed by atoms with E-state index in [0.29, 0.717) is 106 Å². The first-order chi connectivity index (χ1) is 57.2. The monoisotopic (exact) mass is 1670 g/mol. The van der Waals surface area contributed by atoms with E-state index in [9.17, 15) is 58.2 Å². The molecule has 1 saturated heterocycles. The third-order valence-corrected chi connectivity index (χ3v) is 20.9. The molecular weight excluding hydrogens is 1540 g/mol. The Morgan fingerprint density at radius 1 is 0.358 bits per heavy atom. The Morgan fingerprint density at radius 3 is 1.06 bits per heavy atom. The van der Waals surface area contributed by atoms with Crippen molar-refractivity contribution < 1.29 is 72.5 Å². The van der Waals surface area contributed by atoms with Crippen LogP contribution in [-0.2, 0) is 88.0 Å². The van der Waals surface area contributed by atoms with Gasteiger partial charge in [0.2, 0.25) is 70.9 Å². The van der Waals surface area contributed by atoms with Crippen molar-refractivity contribution in [2.24, 2.45) is 52.3 Å². The van der Waals surface area contributed by atoms with E-state index in [0.717, 1.165) is 0 Å². The Balaban J connectivity index is 1.38. The molecule has 12 amide bonds. The third-order valence-electron chi connectivity index (χ3n) is 20.9. The van der Waals surface area contributed by atoms with Crippen LogP contribution in [0.15, 0.2) is 115 Å². The molecule has 23 N–H and O–H groups in total. The van der Waals surface area contributed by atoms with E-state index in [1.807, 2.05) is 41.5 Å². The van der Waals surface area contributed by atoms with Gasteiger partial charge in [0.15, 0.2) is 0 Å². The molecule has 0 aromatic heterocycles. The molecule has 5 rings (SSSR count). The van der Waals surface area contributed by atoms with Gasteiger partial charge in [-0.05, 0) is 187 Å². The summed E-state index contributed by atoms with van der Waals surface area (Å²) in [6, 6.07) is 15.7. The molecule has 0 bridgehead atoms. The summed E-state index contributed by atoms with van der Waals surface area (Å²) in [6.45, 7) is 15.8. The van der Waals surface area contributed by atoms with E-state index in [4.69, 9.17) is 28.7 Å². The minimum atomic E-state index is -1.47. The molecular formula is C88H135N17O15. The number of unbranched alkanes of at least 4 members (excludes halogenated alkanes) is 4. The van der Waals surface area contributed by atoms with Gasteiger partial charge < -0.3 is 102 Å². The number of nitrogens with two attached hydrogens (primary N) is 5. The van der Waals surface area contributed by atoms with Gasteiger partial charge in [0.25, 0.3) is 0 Å². The van der Waals surface area contributed by atoms with Gasteiger partial charge in [-0.3, -0.25) is 57.5 Å². The van der Waals surface area contributed by atoms with Gasteiger partial charge in [0, 0.05) is 32.2 Å². The fourth-order valence-corrected chi connectivity index (χ4v) is 14.3. The highest BCUT2D eigenvalue weighted by molar-refractivity contribution is 6.00. The number of hydrogen-bond acceptors (Lipinski definition) is 19. The fraction of sp³-hybridized carbons (Fsp3) is 0.580. The number of phenols is 1. The average molecular weight is 1670 g/mol. The van der Waals surface area contributed by atoms with Gasteiger partial charge in [0.1, 0.15) is 78.3 Å². The number of amides is 12. The van der Waals surface area contributed by atoms with E-state index >= 15 is 14.4 Å². The number of likely N-dealkylation sites (tertiary alicyclic amines) is 1. The summed E-state index contributed by atoms with van der Waals surface area (Å²) in [5.41, 5.74) is 31.8. The Morgan fingerprint density at radius 2 is 0.667 bits per heavy atom. The Kier molecular flexibility index (Phi) is 44.5. The Bertz CT molecular complexity index is 3880. The molecule has 0 aliphatic carbocycles. The van der Waals surface area contributed by atoms with Crippen molar-refractivity contribution in [1.29, 1.82) is 0 Å². The summed E-state index contributed by atoms with van der Waals surface area (Å²) < 4.78 is 0. The van der Waals surface area contributed by atoms with Crippen molar-refractivity contribution in [2.75, 3.05) is 32.7 Å². The van der Waals surface area contributed by atoms with Crippen molar-refractivity contribution in [3.8, 4) is 5.75 Å². The van der Waals surface area contributed by atoms with Crippen molar-refractivity contribution in [3.63, 3.8) is 0 Å². The molecule has 13 atom stereocenters. The highest BCUT2D eigenvalue weighted by Gasteiger charge is 2.42. The molecule has 32 nitrogen and oxygen atoms in total. The summed E-state index contributed by atoms with van der Waals surface area (Å²) >= 11 is 0. The molecule has 662 valence electrons. The summed E-state index contributed by atoms with van der Waals surface area (Å²) in [5.74, 6) is -11.3. The second-order valence-electron chi connectivity index (χ2n) is 32.9. The maximum atomic E-state index is 15.2. The number of hydrogen-bond donors (Lipinski definition) is 18. The first-order valence-electron chi connectivity index (χ1n) is 42.6. The predicted molar refractivity (Wildman–Crippen MR) is 459 cm³/mol. The summed E-state index contributed by atoms with van der Waals surface area (Å²) in [5, 5.41) is 51.4. The van der Waals surface area contributed by atoms with Crippen molar-refractivity contribution in [1.82, 2.24) is 63.4 Å². The van der Waals surface area contributed by atoms with Gasteiger partial charge in [-0.25, -0.2) is 4.79 Å². The zero-order valence-electron chi connectivity index (χ0n) is 71.2. The molecule has 0 saturated carbocycles. The first kappa shape index (κ1) is 100. The van der Waals surface area contributed by atoms with Crippen LogP contribution in [0.4, 0.5) is 0 Å². The number of carbonyl (C=O) groups is 13. The van der Waals surface area contributed by atoms with E-state index in [1.165, 1.54) is 17.0 Å². The molecule has 120 heavy (non-hydrogen) atoms. The van der Waals surface area contributed by atoms with Crippen LogP contribution in [0.3, 0.4) is 0 Å².